The molecule has 170 valence electrons. The van der Waals surface area contributed by atoms with Gasteiger partial charge in [-0.2, -0.15) is 5.10 Å². The van der Waals surface area contributed by atoms with E-state index in [0.29, 0.717) is 22.8 Å². The van der Waals surface area contributed by atoms with Crippen LogP contribution in [0.3, 0.4) is 0 Å². The quantitative estimate of drug-likeness (QED) is 0.508. The van der Waals surface area contributed by atoms with Gasteiger partial charge in [-0.15, -0.1) is 0 Å². The fourth-order valence-electron chi connectivity index (χ4n) is 4.04. The molecule has 3 rings (SSSR count). The zero-order chi connectivity index (χ0) is 22.2. The van der Waals surface area contributed by atoms with Gasteiger partial charge in [0, 0.05) is 42.7 Å². The summed E-state index contributed by atoms with van der Waals surface area (Å²) in [6.45, 7) is 8.95. The first-order valence-corrected chi connectivity index (χ1v) is 12.3. The Kier molecular flexibility index (Phi) is 9.11. The summed E-state index contributed by atoms with van der Waals surface area (Å²) in [5, 5.41) is 8.65. The highest BCUT2D eigenvalue weighted by Gasteiger charge is 2.20. The summed E-state index contributed by atoms with van der Waals surface area (Å²) < 4.78 is 4.53. The van der Waals surface area contributed by atoms with Crippen LogP contribution in [0.5, 0.6) is 0 Å². The van der Waals surface area contributed by atoms with E-state index in [9.17, 15) is 4.79 Å². The van der Waals surface area contributed by atoms with Crippen LogP contribution in [-0.4, -0.2) is 50.8 Å². The van der Waals surface area contributed by atoms with Gasteiger partial charge in [0.15, 0.2) is 10.6 Å². The molecule has 31 heavy (non-hydrogen) atoms. The predicted molar refractivity (Wildman–Crippen MR) is 129 cm³/mol. The van der Waals surface area contributed by atoms with Crippen molar-refractivity contribution in [3.05, 3.63) is 34.1 Å². The Morgan fingerprint density at radius 2 is 1.84 bits per heavy atom. The van der Waals surface area contributed by atoms with E-state index in [0.717, 1.165) is 63.3 Å². The highest BCUT2D eigenvalue weighted by molar-refractivity contribution is 7.71. The van der Waals surface area contributed by atoms with E-state index in [4.69, 9.17) is 28.9 Å². The molecule has 1 aliphatic rings. The van der Waals surface area contributed by atoms with E-state index < -0.39 is 0 Å². The summed E-state index contributed by atoms with van der Waals surface area (Å²) in [4.78, 5) is 15.0. The average Bonchev–Trinajstić information content (AvgIpc) is 3.08. The lowest BCUT2D eigenvalue weighted by atomic mass is 10.0. The van der Waals surface area contributed by atoms with Gasteiger partial charge in [-0.25, -0.2) is 4.68 Å². The highest BCUT2D eigenvalue weighted by Crippen LogP contribution is 2.21. The second-order valence-electron chi connectivity index (χ2n) is 8.27. The Bertz CT molecular complexity index is 900. The monoisotopic (exact) mass is 463 g/mol. The van der Waals surface area contributed by atoms with Crippen molar-refractivity contribution in [2.45, 2.75) is 71.5 Å². The molecule has 0 atom stereocenters. The molecule has 1 N–H and O–H groups in total. The Morgan fingerprint density at radius 3 is 2.48 bits per heavy atom. The van der Waals surface area contributed by atoms with E-state index >= 15 is 0 Å². The van der Waals surface area contributed by atoms with E-state index in [-0.39, 0.29) is 11.9 Å². The molecule has 0 radical (unpaired) electrons. The van der Waals surface area contributed by atoms with E-state index in [1.807, 2.05) is 24.3 Å². The van der Waals surface area contributed by atoms with Gasteiger partial charge in [0.05, 0.1) is 6.54 Å². The van der Waals surface area contributed by atoms with Crippen molar-refractivity contribution in [1.82, 2.24) is 24.6 Å². The molecule has 1 amide bonds. The van der Waals surface area contributed by atoms with Gasteiger partial charge in [0.1, 0.15) is 0 Å². The SMILES string of the molecule is CCCCn1c(-c2ccc(Cl)cc2)nn(CCC(=O)NC2CCN(CCC)CC2)c1=S. The summed E-state index contributed by atoms with van der Waals surface area (Å²) in [7, 11) is 0. The van der Waals surface area contributed by atoms with Crippen LogP contribution in [-0.2, 0) is 17.9 Å². The Balaban J connectivity index is 1.62. The van der Waals surface area contributed by atoms with E-state index in [2.05, 4.69) is 28.6 Å². The number of carbonyl (C=O) groups excluding carboxylic acids is 1. The van der Waals surface area contributed by atoms with Gasteiger partial charge in [-0.1, -0.05) is 31.9 Å². The maximum atomic E-state index is 12.6. The number of aromatic nitrogens is 3. The number of piperidine rings is 1. The predicted octanol–water partition coefficient (Wildman–Crippen LogP) is 4.92. The topological polar surface area (TPSA) is 55.1 Å². The lowest BCUT2D eigenvalue weighted by molar-refractivity contribution is -0.122. The maximum Gasteiger partial charge on any atom is 0.222 e. The summed E-state index contributed by atoms with van der Waals surface area (Å²) in [5.41, 5.74) is 0.980. The lowest BCUT2D eigenvalue weighted by Crippen LogP contribution is -2.44. The van der Waals surface area contributed by atoms with Crippen LogP contribution in [0.15, 0.2) is 24.3 Å². The fraction of sp³-hybridized carbons (Fsp3) is 0.609. The van der Waals surface area contributed by atoms with Crippen LogP contribution in [0.1, 0.15) is 52.4 Å². The third-order valence-corrected chi connectivity index (χ3v) is 6.49. The summed E-state index contributed by atoms with van der Waals surface area (Å²) in [6, 6.07) is 7.93. The first kappa shape index (κ1) is 24.0. The lowest BCUT2D eigenvalue weighted by Gasteiger charge is -2.32. The summed E-state index contributed by atoms with van der Waals surface area (Å²) in [5.74, 6) is 0.908. The van der Waals surface area contributed by atoms with E-state index in [1.54, 1.807) is 4.68 Å². The molecule has 0 spiro atoms. The largest absolute Gasteiger partial charge is 0.353 e. The number of benzene rings is 1. The van der Waals surface area contributed by atoms with Gasteiger partial charge in [0.2, 0.25) is 5.91 Å². The molecule has 1 saturated heterocycles. The summed E-state index contributed by atoms with van der Waals surface area (Å²) in [6.07, 6.45) is 5.72. The third-order valence-electron chi connectivity index (χ3n) is 5.80. The fourth-order valence-corrected chi connectivity index (χ4v) is 4.48. The smallest absolute Gasteiger partial charge is 0.222 e. The van der Waals surface area contributed by atoms with Gasteiger partial charge >= 0.3 is 0 Å². The highest BCUT2D eigenvalue weighted by atomic mass is 35.5. The maximum absolute atomic E-state index is 12.6. The minimum absolute atomic E-state index is 0.0759. The molecule has 1 fully saturated rings. The number of halogens is 1. The molecule has 0 aliphatic carbocycles. The van der Waals surface area contributed by atoms with Crippen molar-refractivity contribution >= 4 is 29.7 Å². The first-order chi connectivity index (χ1) is 15.0. The molecular weight excluding hydrogens is 430 g/mol. The second-order valence-corrected chi connectivity index (χ2v) is 9.08. The zero-order valence-electron chi connectivity index (χ0n) is 18.6. The Morgan fingerprint density at radius 1 is 1.13 bits per heavy atom. The van der Waals surface area contributed by atoms with Crippen LogP contribution in [0.4, 0.5) is 0 Å². The molecule has 0 bridgehead atoms. The number of carbonyl (C=O) groups is 1. The van der Waals surface area contributed by atoms with Crippen molar-refractivity contribution in [1.29, 1.82) is 0 Å². The molecule has 2 aromatic rings. The van der Waals surface area contributed by atoms with Crippen molar-refractivity contribution < 1.29 is 4.79 Å². The van der Waals surface area contributed by atoms with Crippen molar-refractivity contribution in [3.8, 4) is 11.4 Å². The number of aryl methyl sites for hydroxylation is 1. The molecule has 1 aromatic carbocycles. The number of likely N-dealkylation sites (tertiary alicyclic amines) is 1. The number of hydrogen-bond acceptors (Lipinski definition) is 4. The second kappa shape index (κ2) is 11.8. The normalized spacial score (nSPS) is 15.3. The zero-order valence-corrected chi connectivity index (χ0v) is 20.2. The van der Waals surface area contributed by atoms with Crippen molar-refractivity contribution in [3.63, 3.8) is 0 Å². The minimum Gasteiger partial charge on any atom is -0.353 e. The average molecular weight is 464 g/mol. The molecule has 2 heterocycles. The van der Waals surface area contributed by atoms with Gasteiger partial charge in [0.25, 0.3) is 0 Å². The molecule has 0 saturated carbocycles. The molecular formula is C23H34ClN5OS. The number of rotatable bonds is 10. The van der Waals surface area contributed by atoms with Crippen LogP contribution < -0.4 is 5.32 Å². The molecule has 6 nitrogen and oxygen atoms in total. The van der Waals surface area contributed by atoms with Gasteiger partial charge in [-0.3, -0.25) is 9.36 Å². The Hall–Kier alpha value is -1.70. The molecule has 1 aromatic heterocycles. The van der Waals surface area contributed by atoms with Crippen LogP contribution in [0.2, 0.25) is 5.02 Å². The minimum atomic E-state index is 0.0759. The van der Waals surface area contributed by atoms with Gasteiger partial charge < -0.3 is 10.2 Å². The molecule has 8 heteroatoms. The van der Waals surface area contributed by atoms with Crippen LogP contribution in [0.25, 0.3) is 11.4 Å². The van der Waals surface area contributed by atoms with E-state index in [1.165, 1.54) is 6.42 Å². The van der Waals surface area contributed by atoms with Crippen LogP contribution in [0, 0.1) is 4.77 Å². The van der Waals surface area contributed by atoms with Crippen molar-refractivity contribution in [2.24, 2.45) is 0 Å². The number of unbranched alkanes of at least 4 members (excludes halogenated alkanes) is 1. The molecule has 0 unspecified atom stereocenters. The number of nitrogens with zero attached hydrogens (tertiary/aromatic N) is 4. The van der Waals surface area contributed by atoms with Crippen molar-refractivity contribution in [2.75, 3.05) is 19.6 Å². The van der Waals surface area contributed by atoms with Gasteiger partial charge in [-0.05, 0) is 68.7 Å². The summed E-state index contributed by atoms with van der Waals surface area (Å²) >= 11 is 11.8. The number of hydrogen-bond donors (Lipinski definition) is 1. The van der Waals surface area contributed by atoms with Crippen LogP contribution >= 0.6 is 23.8 Å². The molecule has 1 aliphatic heterocycles. The standard InChI is InChI=1S/C23H34ClN5OS/c1-3-5-14-28-22(18-6-8-19(24)9-7-18)26-29(23(28)31)17-12-21(30)25-20-10-15-27(13-4-2)16-11-20/h6-9,20H,3-5,10-17H2,1-2H3,(H,25,30). The number of amides is 1. The first-order valence-electron chi connectivity index (χ1n) is 11.5. The Labute approximate surface area is 195 Å². The number of nitrogens with one attached hydrogen (secondary N) is 1. The third kappa shape index (κ3) is 6.64.